The molecule has 0 atom stereocenters. The van der Waals surface area contributed by atoms with Crippen molar-refractivity contribution in [1.29, 1.82) is 0 Å². The molecule has 0 aliphatic heterocycles. The van der Waals surface area contributed by atoms with E-state index < -0.39 is 0 Å². The second-order valence-electron chi connectivity index (χ2n) is 4.11. The summed E-state index contributed by atoms with van der Waals surface area (Å²) >= 11 is 6.18. The van der Waals surface area contributed by atoms with Crippen molar-refractivity contribution >= 4 is 28.9 Å². The van der Waals surface area contributed by atoms with Crippen LogP contribution in [-0.4, -0.2) is 9.97 Å². The molecule has 0 aliphatic rings. The Morgan fingerprint density at radius 1 is 1.26 bits per heavy atom. The van der Waals surface area contributed by atoms with Gasteiger partial charge in [-0.2, -0.15) is 0 Å². The molecule has 0 aliphatic carbocycles. The quantitative estimate of drug-likeness (QED) is 0.592. The fourth-order valence-corrected chi connectivity index (χ4v) is 1.98. The largest absolute Gasteiger partial charge is 0.339 e. The van der Waals surface area contributed by atoms with Crippen molar-refractivity contribution in [3.63, 3.8) is 0 Å². The monoisotopic (exact) mass is 277 g/mol. The highest BCUT2D eigenvalue weighted by Gasteiger charge is 2.07. The molecule has 19 heavy (non-hydrogen) atoms. The molecule has 4 N–H and O–H groups in total. The molecule has 0 amide bonds. The number of nitrogens with one attached hydrogen (secondary N) is 2. The minimum Gasteiger partial charge on any atom is -0.339 e. The maximum Gasteiger partial charge on any atom is 0.145 e. The first-order valence-electron chi connectivity index (χ1n) is 6.00. The van der Waals surface area contributed by atoms with E-state index in [4.69, 9.17) is 17.4 Å². The molecule has 100 valence electrons. The zero-order valence-corrected chi connectivity index (χ0v) is 11.6. The first-order valence-corrected chi connectivity index (χ1v) is 6.38. The Balaban J connectivity index is 2.37. The molecule has 1 aromatic carbocycles. The Hall–Kier alpha value is -1.85. The van der Waals surface area contributed by atoms with Crippen LogP contribution >= 0.6 is 11.6 Å². The number of nitrogens with zero attached hydrogens (tertiary/aromatic N) is 2. The maximum absolute atomic E-state index is 6.18. The van der Waals surface area contributed by atoms with Gasteiger partial charge in [0, 0.05) is 12.5 Å². The maximum atomic E-state index is 6.18. The Morgan fingerprint density at radius 2 is 2.00 bits per heavy atom. The van der Waals surface area contributed by atoms with Crippen LogP contribution in [0.15, 0.2) is 24.3 Å². The van der Waals surface area contributed by atoms with Crippen molar-refractivity contribution in [1.82, 2.24) is 9.97 Å². The number of anilines is 3. The number of nitrogen functional groups attached to an aromatic ring is 1. The molecule has 0 radical (unpaired) electrons. The van der Waals surface area contributed by atoms with E-state index in [1.165, 1.54) is 0 Å². The van der Waals surface area contributed by atoms with Gasteiger partial charge < -0.3 is 10.7 Å². The molecule has 0 saturated carbocycles. The summed E-state index contributed by atoms with van der Waals surface area (Å²) in [7, 11) is 0. The summed E-state index contributed by atoms with van der Waals surface area (Å²) in [4.78, 5) is 8.64. The molecule has 6 heteroatoms. The van der Waals surface area contributed by atoms with Crippen LogP contribution in [-0.2, 0) is 6.42 Å². The molecule has 0 saturated heterocycles. The summed E-state index contributed by atoms with van der Waals surface area (Å²) < 4.78 is 0. The van der Waals surface area contributed by atoms with E-state index in [0.717, 1.165) is 17.7 Å². The molecule has 1 heterocycles. The van der Waals surface area contributed by atoms with Gasteiger partial charge in [0.15, 0.2) is 0 Å². The molecular weight excluding hydrogens is 262 g/mol. The predicted molar refractivity (Wildman–Crippen MR) is 78.7 cm³/mol. The second kappa shape index (κ2) is 5.86. The average molecular weight is 278 g/mol. The molecular formula is C13H16ClN5. The van der Waals surface area contributed by atoms with Gasteiger partial charge in [-0.3, -0.25) is 0 Å². The standard InChI is InChI=1S/C13H16ClN5/c1-3-10-16-11(7-12(17-10)19-15)18-13-8(2)5-4-6-9(13)14/h4-7H,3,15H2,1-2H3,(H2,16,17,18,19). The van der Waals surface area contributed by atoms with Crippen LogP contribution in [0.1, 0.15) is 18.3 Å². The summed E-state index contributed by atoms with van der Waals surface area (Å²) in [5.74, 6) is 7.34. The Bertz CT molecular complexity index is 543. The highest BCUT2D eigenvalue weighted by molar-refractivity contribution is 6.33. The number of hydrogen-bond acceptors (Lipinski definition) is 5. The minimum absolute atomic E-state index is 0.569. The molecule has 0 bridgehead atoms. The molecule has 0 spiro atoms. The SMILES string of the molecule is CCc1nc(NN)cc(Nc2c(C)cccc2Cl)n1. The smallest absolute Gasteiger partial charge is 0.145 e. The van der Waals surface area contributed by atoms with Crippen LogP contribution in [0.4, 0.5) is 17.3 Å². The third-order valence-corrected chi connectivity index (χ3v) is 3.03. The van der Waals surface area contributed by atoms with E-state index in [9.17, 15) is 0 Å². The van der Waals surface area contributed by atoms with Gasteiger partial charge in [-0.25, -0.2) is 15.8 Å². The van der Waals surface area contributed by atoms with Gasteiger partial charge in [0.1, 0.15) is 17.5 Å². The van der Waals surface area contributed by atoms with Gasteiger partial charge in [-0.1, -0.05) is 30.7 Å². The first kappa shape index (κ1) is 13.6. The van der Waals surface area contributed by atoms with Gasteiger partial charge in [0.25, 0.3) is 0 Å². The van der Waals surface area contributed by atoms with Crippen molar-refractivity contribution in [3.8, 4) is 0 Å². The van der Waals surface area contributed by atoms with Crippen molar-refractivity contribution in [3.05, 3.63) is 40.7 Å². The van der Waals surface area contributed by atoms with Gasteiger partial charge in [0.2, 0.25) is 0 Å². The third kappa shape index (κ3) is 3.13. The van der Waals surface area contributed by atoms with Gasteiger partial charge >= 0.3 is 0 Å². The van der Waals surface area contributed by atoms with E-state index in [1.54, 1.807) is 6.07 Å². The number of benzene rings is 1. The number of rotatable bonds is 4. The van der Waals surface area contributed by atoms with Crippen LogP contribution in [0.5, 0.6) is 0 Å². The molecule has 1 aromatic heterocycles. The minimum atomic E-state index is 0.569. The fourth-order valence-electron chi connectivity index (χ4n) is 1.71. The number of nitrogens with two attached hydrogens (primary N) is 1. The number of aromatic nitrogens is 2. The number of para-hydroxylation sites is 1. The van der Waals surface area contributed by atoms with E-state index >= 15 is 0 Å². The number of aryl methyl sites for hydroxylation is 2. The number of halogens is 1. The van der Waals surface area contributed by atoms with E-state index in [-0.39, 0.29) is 0 Å². The Morgan fingerprint density at radius 3 is 2.63 bits per heavy atom. The van der Waals surface area contributed by atoms with E-state index in [2.05, 4.69) is 20.7 Å². The van der Waals surface area contributed by atoms with Gasteiger partial charge in [-0.05, 0) is 18.6 Å². The number of hydrogen-bond donors (Lipinski definition) is 3. The first-order chi connectivity index (χ1) is 9.13. The van der Waals surface area contributed by atoms with Gasteiger partial charge in [0.05, 0.1) is 10.7 Å². The van der Waals surface area contributed by atoms with Crippen LogP contribution < -0.4 is 16.6 Å². The summed E-state index contributed by atoms with van der Waals surface area (Å²) in [6.07, 6.45) is 0.728. The molecule has 0 unspecified atom stereocenters. The molecule has 0 fully saturated rings. The third-order valence-electron chi connectivity index (χ3n) is 2.71. The van der Waals surface area contributed by atoms with E-state index in [0.29, 0.717) is 22.5 Å². The van der Waals surface area contributed by atoms with Crippen molar-refractivity contribution in [2.24, 2.45) is 5.84 Å². The highest BCUT2D eigenvalue weighted by atomic mass is 35.5. The lowest BCUT2D eigenvalue weighted by Gasteiger charge is -2.12. The van der Waals surface area contributed by atoms with Crippen LogP contribution in [0, 0.1) is 6.92 Å². The fraction of sp³-hybridized carbons (Fsp3) is 0.231. The topological polar surface area (TPSA) is 75.9 Å². The zero-order valence-electron chi connectivity index (χ0n) is 10.9. The zero-order chi connectivity index (χ0) is 13.8. The molecule has 2 rings (SSSR count). The summed E-state index contributed by atoms with van der Waals surface area (Å²) in [6.45, 7) is 3.97. The Labute approximate surface area is 117 Å². The van der Waals surface area contributed by atoms with Crippen molar-refractivity contribution in [2.75, 3.05) is 10.7 Å². The highest BCUT2D eigenvalue weighted by Crippen LogP contribution is 2.28. The normalized spacial score (nSPS) is 10.3. The second-order valence-corrected chi connectivity index (χ2v) is 4.52. The molecule has 2 aromatic rings. The van der Waals surface area contributed by atoms with E-state index in [1.807, 2.05) is 32.0 Å². The lowest BCUT2D eigenvalue weighted by molar-refractivity contribution is 0.941. The average Bonchev–Trinajstić information content (AvgIpc) is 2.42. The van der Waals surface area contributed by atoms with Crippen LogP contribution in [0.25, 0.3) is 0 Å². The van der Waals surface area contributed by atoms with Gasteiger partial charge in [-0.15, -0.1) is 0 Å². The summed E-state index contributed by atoms with van der Waals surface area (Å²) in [5.41, 5.74) is 4.42. The lowest BCUT2D eigenvalue weighted by Crippen LogP contribution is -2.11. The number of hydrazine groups is 1. The Kier molecular flexibility index (Phi) is 4.19. The predicted octanol–water partition coefficient (Wildman–Crippen LogP) is 3.03. The summed E-state index contributed by atoms with van der Waals surface area (Å²) in [5, 5.41) is 3.86. The van der Waals surface area contributed by atoms with Crippen LogP contribution in [0.3, 0.4) is 0 Å². The van der Waals surface area contributed by atoms with Crippen molar-refractivity contribution in [2.45, 2.75) is 20.3 Å². The van der Waals surface area contributed by atoms with Crippen molar-refractivity contribution < 1.29 is 0 Å². The van der Waals surface area contributed by atoms with Crippen LogP contribution in [0.2, 0.25) is 5.02 Å². The lowest BCUT2D eigenvalue weighted by atomic mass is 10.2. The summed E-state index contributed by atoms with van der Waals surface area (Å²) in [6, 6.07) is 7.47. The molecule has 5 nitrogen and oxygen atoms in total.